The minimum atomic E-state index is -4.24. The second kappa shape index (κ2) is 5.46. The van der Waals surface area contributed by atoms with Gasteiger partial charge in [0.2, 0.25) is 0 Å². The molecule has 0 aromatic carbocycles. The second-order valence-electron chi connectivity index (χ2n) is 5.74. The molecule has 1 amide bonds. The molecule has 0 bridgehead atoms. The summed E-state index contributed by atoms with van der Waals surface area (Å²) in [6.45, 7) is 2.01. The number of halogens is 3. The molecular formula is C15H18F3N3O. The van der Waals surface area contributed by atoms with Crippen molar-refractivity contribution in [2.75, 3.05) is 20.1 Å². The van der Waals surface area contributed by atoms with Crippen molar-refractivity contribution in [2.24, 2.45) is 0 Å². The van der Waals surface area contributed by atoms with Crippen LogP contribution in [-0.4, -0.2) is 36.8 Å². The van der Waals surface area contributed by atoms with Gasteiger partial charge in [0.1, 0.15) is 0 Å². The highest BCUT2D eigenvalue weighted by atomic mass is 19.4. The molecule has 1 aromatic heterocycles. The van der Waals surface area contributed by atoms with Crippen LogP contribution in [-0.2, 0) is 6.54 Å². The van der Waals surface area contributed by atoms with E-state index >= 15 is 0 Å². The van der Waals surface area contributed by atoms with Crippen molar-refractivity contribution < 1.29 is 18.0 Å². The molecule has 7 heteroatoms. The van der Waals surface area contributed by atoms with E-state index in [4.69, 9.17) is 0 Å². The highest BCUT2D eigenvalue weighted by molar-refractivity contribution is 5.97. The number of allylic oxidation sites excluding steroid dienone is 1. The molecule has 22 heavy (non-hydrogen) atoms. The average Bonchev–Trinajstić information content (AvgIpc) is 2.71. The summed E-state index contributed by atoms with van der Waals surface area (Å²) >= 11 is 0. The number of rotatable bonds is 2. The quantitative estimate of drug-likeness (QED) is 0.880. The van der Waals surface area contributed by atoms with E-state index in [0.717, 1.165) is 17.8 Å². The van der Waals surface area contributed by atoms with Gasteiger partial charge in [0.15, 0.2) is 0 Å². The number of aromatic nitrogens is 1. The first-order valence-electron chi connectivity index (χ1n) is 7.32. The van der Waals surface area contributed by atoms with Gasteiger partial charge in [0, 0.05) is 38.6 Å². The van der Waals surface area contributed by atoms with Crippen molar-refractivity contribution in [3.8, 4) is 0 Å². The van der Waals surface area contributed by atoms with Gasteiger partial charge < -0.3 is 15.2 Å². The molecule has 0 saturated heterocycles. The largest absolute Gasteiger partial charge is 0.389 e. The Morgan fingerprint density at radius 1 is 1.50 bits per heavy atom. The number of carbonyl (C=O) groups excluding carboxylic acids is 1. The molecule has 1 aliphatic carbocycles. The molecule has 3 rings (SSSR count). The second-order valence-corrected chi connectivity index (χ2v) is 5.74. The van der Waals surface area contributed by atoms with E-state index in [-0.39, 0.29) is 5.91 Å². The lowest BCUT2D eigenvalue weighted by atomic mass is 9.82. The number of alkyl halides is 3. The van der Waals surface area contributed by atoms with E-state index in [1.54, 1.807) is 6.20 Å². The number of amides is 1. The molecule has 120 valence electrons. The minimum Gasteiger partial charge on any atom is -0.355 e. The predicted octanol–water partition coefficient (Wildman–Crippen LogP) is 2.27. The van der Waals surface area contributed by atoms with Gasteiger partial charge in [0.05, 0.1) is 12.0 Å². The van der Waals surface area contributed by atoms with Crippen molar-refractivity contribution in [3.05, 3.63) is 29.1 Å². The van der Waals surface area contributed by atoms with E-state index < -0.39 is 18.5 Å². The third-order valence-corrected chi connectivity index (χ3v) is 4.27. The Hall–Kier alpha value is -1.76. The van der Waals surface area contributed by atoms with Crippen molar-refractivity contribution in [1.29, 1.82) is 0 Å². The SMILES string of the molecule is CNC(=O)c1cn2c3c1C(CC(F)(F)F)CC=C3CNCC2. The standard InChI is InChI=1S/C15H18F3N3O/c1-19-14(22)11-8-21-5-4-20-7-10-3-2-9(6-15(16,17)18)12(11)13(10)21/h3,8-9,20H,2,4-7H2,1H3,(H,19,22). The molecular weight excluding hydrogens is 295 g/mol. The van der Waals surface area contributed by atoms with Gasteiger partial charge in [-0.25, -0.2) is 0 Å². The zero-order chi connectivity index (χ0) is 15.9. The summed E-state index contributed by atoms with van der Waals surface area (Å²) in [6, 6.07) is 0. The molecule has 1 aliphatic heterocycles. The molecule has 0 radical (unpaired) electrons. The first-order valence-corrected chi connectivity index (χ1v) is 7.32. The maximum Gasteiger partial charge on any atom is 0.389 e. The maximum atomic E-state index is 12.9. The van der Waals surface area contributed by atoms with E-state index in [1.165, 1.54) is 7.05 Å². The van der Waals surface area contributed by atoms with Crippen LogP contribution >= 0.6 is 0 Å². The summed E-state index contributed by atoms with van der Waals surface area (Å²) in [6.07, 6.45) is -1.25. The minimum absolute atomic E-state index is 0.317. The van der Waals surface area contributed by atoms with Gasteiger partial charge in [-0.3, -0.25) is 4.79 Å². The zero-order valence-electron chi connectivity index (χ0n) is 12.3. The normalized spacial score (nSPS) is 20.9. The lowest BCUT2D eigenvalue weighted by Crippen LogP contribution is -2.24. The predicted molar refractivity (Wildman–Crippen MR) is 76.7 cm³/mol. The van der Waals surface area contributed by atoms with E-state index in [0.29, 0.717) is 30.6 Å². The van der Waals surface area contributed by atoms with Gasteiger partial charge >= 0.3 is 6.18 Å². The fourth-order valence-corrected chi connectivity index (χ4v) is 3.38. The molecule has 2 N–H and O–H groups in total. The molecule has 1 unspecified atom stereocenters. The maximum absolute atomic E-state index is 12.9. The Morgan fingerprint density at radius 2 is 2.27 bits per heavy atom. The molecule has 2 heterocycles. The summed E-state index contributed by atoms with van der Waals surface area (Å²) in [5.74, 6) is -1.01. The number of hydrogen-bond donors (Lipinski definition) is 2. The Morgan fingerprint density at radius 3 is 2.95 bits per heavy atom. The van der Waals surface area contributed by atoms with E-state index in [2.05, 4.69) is 10.6 Å². The monoisotopic (exact) mass is 313 g/mol. The van der Waals surface area contributed by atoms with Crippen molar-refractivity contribution >= 4 is 11.5 Å². The number of nitrogens with zero attached hydrogens (tertiary/aromatic N) is 1. The molecule has 0 saturated carbocycles. The summed E-state index contributed by atoms with van der Waals surface area (Å²) in [5.41, 5.74) is 2.71. The van der Waals surface area contributed by atoms with Crippen LogP contribution in [0.5, 0.6) is 0 Å². The Bertz CT molecular complexity index is 631. The van der Waals surface area contributed by atoms with Crippen molar-refractivity contribution in [2.45, 2.75) is 31.5 Å². The van der Waals surface area contributed by atoms with Crippen molar-refractivity contribution in [3.63, 3.8) is 0 Å². The first-order chi connectivity index (χ1) is 10.4. The fraction of sp³-hybridized carbons (Fsp3) is 0.533. The lowest BCUT2D eigenvalue weighted by Gasteiger charge is -2.25. The Kier molecular flexibility index (Phi) is 3.76. The topological polar surface area (TPSA) is 46.1 Å². The highest BCUT2D eigenvalue weighted by Gasteiger charge is 2.38. The number of carbonyl (C=O) groups is 1. The fourth-order valence-electron chi connectivity index (χ4n) is 3.38. The van der Waals surface area contributed by atoms with Crippen LogP contribution in [0.2, 0.25) is 0 Å². The van der Waals surface area contributed by atoms with Gasteiger partial charge in [-0.05, 0) is 23.5 Å². The number of nitrogens with one attached hydrogen (secondary N) is 2. The average molecular weight is 313 g/mol. The molecule has 0 fully saturated rings. The third kappa shape index (κ3) is 2.65. The zero-order valence-corrected chi connectivity index (χ0v) is 12.3. The molecule has 0 spiro atoms. The summed E-state index contributed by atoms with van der Waals surface area (Å²) in [7, 11) is 1.50. The summed E-state index contributed by atoms with van der Waals surface area (Å²) < 4.78 is 40.6. The van der Waals surface area contributed by atoms with Crippen LogP contribution in [0.15, 0.2) is 12.3 Å². The molecule has 1 atom stereocenters. The van der Waals surface area contributed by atoms with E-state index in [1.807, 2.05) is 10.6 Å². The van der Waals surface area contributed by atoms with Crippen LogP contribution in [0.4, 0.5) is 13.2 Å². The smallest absolute Gasteiger partial charge is 0.355 e. The third-order valence-electron chi connectivity index (χ3n) is 4.27. The highest BCUT2D eigenvalue weighted by Crippen LogP contribution is 2.43. The molecule has 1 aromatic rings. The number of hydrogen-bond acceptors (Lipinski definition) is 2. The van der Waals surface area contributed by atoms with Crippen LogP contribution in [0.1, 0.15) is 40.4 Å². The van der Waals surface area contributed by atoms with Crippen LogP contribution in [0.3, 0.4) is 0 Å². The van der Waals surface area contributed by atoms with Crippen LogP contribution in [0, 0.1) is 0 Å². The van der Waals surface area contributed by atoms with E-state index in [9.17, 15) is 18.0 Å². The van der Waals surface area contributed by atoms with Gasteiger partial charge in [0.25, 0.3) is 5.91 Å². The molecule has 4 nitrogen and oxygen atoms in total. The molecule has 2 aliphatic rings. The van der Waals surface area contributed by atoms with Gasteiger partial charge in [-0.15, -0.1) is 0 Å². The Balaban J connectivity index is 2.12. The van der Waals surface area contributed by atoms with Gasteiger partial charge in [-0.2, -0.15) is 13.2 Å². The van der Waals surface area contributed by atoms with Crippen LogP contribution < -0.4 is 10.6 Å². The van der Waals surface area contributed by atoms with Gasteiger partial charge in [-0.1, -0.05) is 6.08 Å². The summed E-state index contributed by atoms with van der Waals surface area (Å²) in [5, 5.41) is 5.79. The Labute approximate surface area is 126 Å². The first kappa shape index (κ1) is 15.1. The summed E-state index contributed by atoms with van der Waals surface area (Å²) in [4.78, 5) is 12.1. The van der Waals surface area contributed by atoms with Crippen molar-refractivity contribution in [1.82, 2.24) is 15.2 Å². The van der Waals surface area contributed by atoms with Crippen LogP contribution in [0.25, 0.3) is 5.57 Å². The lowest BCUT2D eigenvalue weighted by molar-refractivity contribution is -0.138.